The van der Waals surface area contributed by atoms with Gasteiger partial charge in [0.05, 0.1) is 6.61 Å². The van der Waals surface area contributed by atoms with Gasteiger partial charge in [0.1, 0.15) is 5.60 Å². The van der Waals surface area contributed by atoms with E-state index in [1.54, 1.807) is 25.3 Å². The molecule has 4 nitrogen and oxygen atoms in total. The minimum Gasteiger partial charge on any atom is -0.458 e. The fraction of sp³-hybridized carbons (Fsp3) is 0.364. The van der Waals surface area contributed by atoms with Crippen LogP contribution in [0, 0.1) is 0 Å². The number of hydrogen-bond acceptors (Lipinski definition) is 4. The van der Waals surface area contributed by atoms with Crippen molar-refractivity contribution in [3.63, 3.8) is 0 Å². The number of halogens is 1. The number of benzene rings is 2. The Kier molecular flexibility index (Phi) is 6.79. The summed E-state index contributed by atoms with van der Waals surface area (Å²) in [6.07, 6.45) is 2.06. The Morgan fingerprint density at radius 1 is 1.04 bits per heavy atom. The van der Waals surface area contributed by atoms with Crippen molar-refractivity contribution in [1.29, 1.82) is 0 Å². The van der Waals surface area contributed by atoms with Gasteiger partial charge in [0.2, 0.25) is 0 Å². The van der Waals surface area contributed by atoms with Crippen LogP contribution in [0.15, 0.2) is 53.5 Å². The molecule has 0 fully saturated rings. The molecule has 144 valence electrons. The van der Waals surface area contributed by atoms with E-state index in [1.165, 1.54) is 0 Å². The molecule has 0 aliphatic heterocycles. The molecule has 2 aromatic carbocycles. The van der Waals surface area contributed by atoms with E-state index in [1.807, 2.05) is 57.2 Å². The first-order valence-corrected chi connectivity index (χ1v) is 9.22. The minimum atomic E-state index is -1.08. The molecule has 27 heavy (non-hydrogen) atoms. The average molecular weight is 388 g/mol. The summed E-state index contributed by atoms with van der Waals surface area (Å²) in [6, 6.07) is 14.7. The highest BCUT2D eigenvalue weighted by Gasteiger charge is 2.36. The SMILES string of the molecule is CC(C)(C)OC(=O)[C@](C)(Cc1ccc(CO)cc1)N=Cc1ccc(Cl)cc1. The maximum atomic E-state index is 12.9. The van der Waals surface area contributed by atoms with Gasteiger partial charge in [-0.15, -0.1) is 0 Å². The summed E-state index contributed by atoms with van der Waals surface area (Å²) in [5, 5.41) is 9.84. The molecule has 5 heteroatoms. The van der Waals surface area contributed by atoms with E-state index < -0.39 is 11.1 Å². The molecule has 0 spiro atoms. The van der Waals surface area contributed by atoms with E-state index in [-0.39, 0.29) is 12.6 Å². The van der Waals surface area contributed by atoms with Crippen LogP contribution in [0.25, 0.3) is 0 Å². The molecular formula is C22H26ClNO3. The van der Waals surface area contributed by atoms with Crippen molar-refractivity contribution in [2.45, 2.75) is 51.9 Å². The van der Waals surface area contributed by atoms with Crippen LogP contribution >= 0.6 is 11.6 Å². The number of carbonyl (C=O) groups is 1. The van der Waals surface area contributed by atoms with Crippen LogP contribution in [0.1, 0.15) is 44.4 Å². The summed E-state index contributed by atoms with van der Waals surface area (Å²) in [4.78, 5) is 17.5. The predicted molar refractivity (Wildman–Crippen MR) is 109 cm³/mol. The molecule has 0 saturated heterocycles. The zero-order chi connectivity index (χ0) is 20.1. The van der Waals surface area contributed by atoms with Crippen LogP contribution < -0.4 is 0 Å². The lowest BCUT2D eigenvalue weighted by Crippen LogP contribution is -2.41. The summed E-state index contributed by atoms with van der Waals surface area (Å²) in [5.74, 6) is -0.383. The Balaban J connectivity index is 2.31. The first-order valence-electron chi connectivity index (χ1n) is 8.84. The summed E-state index contributed by atoms with van der Waals surface area (Å²) in [6.45, 7) is 7.27. The Bertz CT molecular complexity index is 792. The molecular weight excluding hydrogens is 362 g/mol. The lowest BCUT2D eigenvalue weighted by atomic mass is 9.92. The largest absolute Gasteiger partial charge is 0.458 e. The van der Waals surface area contributed by atoms with Gasteiger partial charge < -0.3 is 9.84 Å². The third-order valence-electron chi connectivity index (χ3n) is 3.96. The van der Waals surface area contributed by atoms with Crippen LogP contribution in [0.5, 0.6) is 0 Å². The smallest absolute Gasteiger partial charge is 0.334 e. The number of esters is 1. The number of aliphatic hydroxyl groups excluding tert-OH is 1. The third-order valence-corrected chi connectivity index (χ3v) is 4.21. The molecule has 0 aliphatic carbocycles. The molecule has 0 unspecified atom stereocenters. The van der Waals surface area contributed by atoms with Crippen molar-refractivity contribution in [1.82, 2.24) is 0 Å². The predicted octanol–water partition coefficient (Wildman–Crippen LogP) is 4.59. The summed E-state index contributed by atoms with van der Waals surface area (Å²) < 4.78 is 5.61. The number of ether oxygens (including phenoxy) is 1. The molecule has 0 radical (unpaired) electrons. The zero-order valence-corrected chi connectivity index (χ0v) is 17.0. The molecule has 2 rings (SSSR count). The number of nitrogens with zero attached hydrogens (tertiary/aromatic N) is 1. The van der Waals surface area contributed by atoms with E-state index in [0.29, 0.717) is 11.4 Å². The van der Waals surface area contributed by atoms with Crippen molar-refractivity contribution >= 4 is 23.8 Å². The molecule has 0 aromatic heterocycles. The Hall–Kier alpha value is -2.17. The van der Waals surface area contributed by atoms with Crippen LogP contribution in [0.3, 0.4) is 0 Å². The van der Waals surface area contributed by atoms with Gasteiger partial charge in [-0.3, -0.25) is 4.99 Å². The molecule has 0 aliphatic rings. The van der Waals surface area contributed by atoms with E-state index in [0.717, 1.165) is 16.7 Å². The van der Waals surface area contributed by atoms with Crippen molar-refractivity contribution in [2.75, 3.05) is 0 Å². The monoisotopic (exact) mass is 387 g/mol. The van der Waals surface area contributed by atoms with Crippen LogP contribution in [-0.4, -0.2) is 28.4 Å². The first-order chi connectivity index (χ1) is 12.6. The van der Waals surface area contributed by atoms with Crippen molar-refractivity contribution in [3.8, 4) is 0 Å². The lowest BCUT2D eigenvalue weighted by Gasteiger charge is -2.28. The van der Waals surface area contributed by atoms with E-state index >= 15 is 0 Å². The first kappa shape index (κ1) is 21.1. The van der Waals surface area contributed by atoms with Gasteiger partial charge in [-0.1, -0.05) is 48.0 Å². The van der Waals surface area contributed by atoms with E-state index in [2.05, 4.69) is 4.99 Å². The molecule has 0 bridgehead atoms. The van der Waals surface area contributed by atoms with Gasteiger partial charge in [0, 0.05) is 17.7 Å². The lowest BCUT2D eigenvalue weighted by molar-refractivity contribution is -0.160. The molecule has 2 aromatic rings. The topological polar surface area (TPSA) is 58.9 Å². The molecule has 0 amide bonds. The second kappa shape index (κ2) is 8.68. The highest BCUT2D eigenvalue weighted by Crippen LogP contribution is 2.23. The number of hydrogen-bond donors (Lipinski definition) is 1. The van der Waals surface area contributed by atoms with Crippen molar-refractivity contribution in [2.24, 2.45) is 4.99 Å². The number of rotatable bonds is 6. The molecule has 0 heterocycles. The Labute approximate surface area is 165 Å². The standard InChI is InChI=1S/C22H26ClNO3/c1-21(2,3)27-20(26)22(4,13-16-5-7-18(15-25)8-6-16)24-14-17-9-11-19(23)12-10-17/h5-12,14,25H,13,15H2,1-4H3/t22-/m0/s1. The van der Waals surface area contributed by atoms with Crippen LogP contribution in [0.4, 0.5) is 0 Å². The van der Waals surface area contributed by atoms with Gasteiger partial charge >= 0.3 is 5.97 Å². The highest BCUT2D eigenvalue weighted by molar-refractivity contribution is 6.30. The average Bonchev–Trinajstić information content (AvgIpc) is 2.60. The number of aliphatic imine (C=N–C) groups is 1. The summed E-state index contributed by atoms with van der Waals surface area (Å²) >= 11 is 5.92. The second-order valence-electron chi connectivity index (χ2n) is 7.74. The van der Waals surface area contributed by atoms with Gasteiger partial charge in [0.25, 0.3) is 0 Å². The van der Waals surface area contributed by atoms with E-state index in [4.69, 9.17) is 16.3 Å². The van der Waals surface area contributed by atoms with Gasteiger partial charge in [-0.05, 0) is 56.5 Å². The molecule has 1 atom stereocenters. The summed E-state index contributed by atoms with van der Waals surface area (Å²) in [5.41, 5.74) is 0.934. The fourth-order valence-corrected chi connectivity index (χ4v) is 2.61. The van der Waals surface area contributed by atoms with Gasteiger partial charge in [0.15, 0.2) is 5.54 Å². The normalized spacial score (nSPS) is 14.1. The maximum Gasteiger partial charge on any atom is 0.334 e. The maximum absolute atomic E-state index is 12.9. The second-order valence-corrected chi connectivity index (χ2v) is 8.17. The van der Waals surface area contributed by atoms with E-state index in [9.17, 15) is 9.90 Å². The van der Waals surface area contributed by atoms with Gasteiger partial charge in [-0.25, -0.2) is 4.79 Å². The number of aliphatic hydroxyl groups is 1. The number of carbonyl (C=O) groups excluding carboxylic acids is 1. The quantitative estimate of drug-likeness (QED) is 0.582. The molecule has 0 saturated carbocycles. The minimum absolute atomic E-state index is 0.0155. The van der Waals surface area contributed by atoms with Crippen molar-refractivity contribution in [3.05, 3.63) is 70.2 Å². The fourth-order valence-electron chi connectivity index (χ4n) is 2.48. The third kappa shape index (κ3) is 6.49. The zero-order valence-electron chi connectivity index (χ0n) is 16.2. The Morgan fingerprint density at radius 3 is 2.11 bits per heavy atom. The van der Waals surface area contributed by atoms with Crippen LogP contribution in [-0.2, 0) is 22.6 Å². The van der Waals surface area contributed by atoms with Gasteiger partial charge in [-0.2, -0.15) is 0 Å². The van der Waals surface area contributed by atoms with Crippen molar-refractivity contribution < 1.29 is 14.6 Å². The Morgan fingerprint density at radius 2 is 1.59 bits per heavy atom. The molecule has 1 N–H and O–H groups in total. The van der Waals surface area contributed by atoms with Crippen LogP contribution in [0.2, 0.25) is 5.02 Å². The summed E-state index contributed by atoms with van der Waals surface area (Å²) in [7, 11) is 0. The highest BCUT2D eigenvalue weighted by atomic mass is 35.5.